The van der Waals surface area contributed by atoms with Crippen molar-refractivity contribution < 1.29 is 4.39 Å². The Balaban J connectivity index is 1.76. The Kier molecular flexibility index (Phi) is 4.10. The summed E-state index contributed by atoms with van der Waals surface area (Å²) in [6.45, 7) is 3.30. The number of nitrogens with zero attached hydrogens (tertiary/aromatic N) is 2. The van der Waals surface area contributed by atoms with E-state index in [1.165, 1.54) is 0 Å². The predicted octanol–water partition coefficient (Wildman–Crippen LogP) is 2.20. The fourth-order valence-electron chi connectivity index (χ4n) is 1.79. The highest BCUT2D eigenvalue weighted by Gasteiger charge is 2.00. The summed E-state index contributed by atoms with van der Waals surface area (Å²) >= 11 is 0. The molecule has 96 valence electrons. The van der Waals surface area contributed by atoms with E-state index in [2.05, 4.69) is 10.4 Å². The van der Waals surface area contributed by atoms with Crippen molar-refractivity contribution in [1.82, 2.24) is 15.1 Å². The second-order valence-corrected chi connectivity index (χ2v) is 4.49. The molecule has 0 saturated heterocycles. The highest BCUT2D eigenvalue weighted by Crippen LogP contribution is 2.08. The van der Waals surface area contributed by atoms with Crippen molar-refractivity contribution >= 4 is 0 Å². The predicted molar refractivity (Wildman–Crippen MR) is 69.8 cm³/mol. The van der Waals surface area contributed by atoms with Gasteiger partial charge >= 0.3 is 0 Å². The van der Waals surface area contributed by atoms with Gasteiger partial charge in [0.2, 0.25) is 0 Å². The van der Waals surface area contributed by atoms with Crippen LogP contribution in [0, 0.1) is 12.7 Å². The van der Waals surface area contributed by atoms with E-state index in [9.17, 15) is 4.39 Å². The number of hydrogen-bond donors (Lipinski definition) is 1. The minimum atomic E-state index is -0.140. The van der Waals surface area contributed by atoms with Crippen molar-refractivity contribution in [2.24, 2.45) is 7.05 Å². The number of halogens is 1. The summed E-state index contributed by atoms with van der Waals surface area (Å²) in [4.78, 5) is 0. The Hall–Kier alpha value is -1.68. The maximum Gasteiger partial charge on any atom is 0.126 e. The van der Waals surface area contributed by atoms with Crippen LogP contribution in [0.4, 0.5) is 4.39 Å². The van der Waals surface area contributed by atoms with Gasteiger partial charge in [-0.3, -0.25) is 4.68 Å². The molecule has 1 heterocycles. The fraction of sp³-hybridized carbons (Fsp3) is 0.357. The van der Waals surface area contributed by atoms with E-state index >= 15 is 0 Å². The molecule has 2 aromatic rings. The van der Waals surface area contributed by atoms with Crippen molar-refractivity contribution in [3.05, 3.63) is 53.1 Å². The summed E-state index contributed by atoms with van der Waals surface area (Å²) < 4.78 is 15.1. The van der Waals surface area contributed by atoms with E-state index in [1.807, 2.05) is 31.4 Å². The van der Waals surface area contributed by atoms with Crippen LogP contribution < -0.4 is 5.32 Å². The van der Waals surface area contributed by atoms with Gasteiger partial charge in [-0.1, -0.05) is 12.1 Å². The first-order chi connectivity index (χ1) is 8.65. The van der Waals surface area contributed by atoms with Crippen LogP contribution in [-0.2, 0) is 20.0 Å². The molecular weight excluding hydrogens is 229 g/mol. The van der Waals surface area contributed by atoms with Crippen LogP contribution >= 0.6 is 0 Å². The summed E-state index contributed by atoms with van der Waals surface area (Å²) in [6.07, 6.45) is 2.82. The molecule has 0 bridgehead atoms. The molecule has 3 nitrogen and oxygen atoms in total. The molecule has 0 amide bonds. The molecule has 0 atom stereocenters. The summed E-state index contributed by atoms with van der Waals surface area (Å²) in [6, 6.07) is 7.35. The van der Waals surface area contributed by atoms with Crippen molar-refractivity contribution in [1.29, 1.82) is 0 Å². The van der Waals surface area contributed by atoms with E-state index in [0.717, 1.165) is 24.2 Å². The third kappa shape index (κ3) is 3.40. The van der Waals surface area contributed by atoms with Gasteiger partial charge < -0.3 is 5.32 Å². The Morgan fingerprint density at radius 1 is 1.33 bits per heavy atom. The van der Waals surface area contributed by atoms with Crippen LogP contribution in [0.3, 0.4) is 0 Å². The second-order valence-electron chi connectivity index (χ2n) is 4.49. The molecule has 0 saturated carbocycles. The first-order valence-corrected chi connectivity index (χ1v) is 6.09. The molecule has 4 heteroatoms. The van der Waals surface area contributed by atoms with Crippen LogP contribution in [0.25, 0.3) is 0 Å². The van der Waals surface area contributed by atoms with Crippen LogP contribution in [0.5, 0.6) is 0 Å². The molecule has 0 radical (unpaired) electrons. The van der Waals surface area contributed by atoms with Crippen LogP contribution in [0.1, 0.15) is 16.8 Å². The lowest BCUT2D eigenvalue weighted by atomic mass is 10.1. The van der Waals surface area contributed by atoms with Gasteiger partial charge in [0.15, 0.2) is 0 Å². The SMILES string of the molecule is Cc1ccc(CNCCc2ccn(C)n2)cc1F. The molecule has 0 spiro atoms. The first kappa shape index (κ1) is 12.8. The van der Waals surface area contributed by atoms with Crippen molar-refractivity contribution in [2.75, 3.05) is 6.54 Å². The Labute approximate surface area is 107 Å². The zero-order valence-electron chi connectivity index (χ0n) is 10.8. The van der Waals surface area contributed by atoms with E-state index in [4.69, 9.17) is 0 Å². The lowest BCUT2D eigenvalue weighted by Gasteiger charge is -2.05. The number of rotatable bonds is 5. The minimum Gasteiger partial charge on any atom is -0.312 e. The molecule has 0 aliphatic carbocycles. The molecular formula is C14H18FN3. The highest BCUT2D eigenvalue weighted by atomic mass is 19.1. The molecule has 0 aliphatic rings. The van der Waals surface area contributed by atoms with Gasteiger partial charge in [-0.25, -0.2) is 4.39 Å². The van der Waals surface area contributed by atoms with E-state index in [-0.39, 0.29) is 5.82 Å². The molecule has 0 aliphatic heterocycles. The standard InChI is InChI=1S/C14H18FN3/c1-11-3-4-12(9-14(11)15)10-16-7-5-13-6-8-18(2)17-13/h3-4,6,8-9,16H,5,7,10H2,1-2H3. The normalized spacial score (nSPS) is 10.8. The average molecular weight is 247 g/mol. The number of benzene rings is 1. The molecule has 18 heavy (non-hydrogen) atoms. The second kappa shape index (κ2) is 5.78. The van der Waals surface area contributed by atoms with E-state index < -0.39 is 0 Å². The smallest absolute Gasteiger partial charge is 0.126 e. The van der Waals surface area contributed by atoms with Crippen molar-refractivity contribution in [2.45, 2.75) is 19.9 Å². The summed E-state index contributed by atoms with van der Waals surface area (Å²) in [5.74, 6) is -0.140. The monoisotopic (exact) mass is 247 g/mol. The van der Waals surface area contributed by atoms with Crippen LogP contribution in [0.15, 0.2) is 30.5 Å². The first-order valence-electron chi connectivity index (χ1n) is 6.09. The summed E-state index contributed by atoms with van der Waals surface area (Å²) in [5.41, 5.74) is 2.73. The molecule has 1 aromatic carbocycles. The Morgan fingerprint density at radius 3 is 2.83 bits per heavy atom. The minimum absolute atomic E-state index is 0.140. The maximum absolute atomic E-state index is 13.3. The van der Waals surface area contributed by atoms with Gasteiger partial charge in [0, 0.05) is 32.8 Å². The summed E-state index contributed by atoms with van der Waals surface area (Å²) in [5, 5.41) is 7.59. The summed E-state index contributed by atoms with van der Waals surface area (Å²) in [7, 11) is 1.91. The Bertz CT molecular complexity index is 520. The van der Waals surface area contributed by atoms with Crippen molar-refractivity contribution in [3.8, 4) is 0 Å². The molecule has 0 unspecified atom stereocenters. The Morgan fingerprint density at radius 2 is 2.17 bits per heavy atom. The molecule has 1 aromatic heterocycles. The zero-order chi connectivity index (χ0) is 13.0. The number of aromatic nitrogens is 2. The quantitative estimate of drug-likeness (QED) is 0.821. The van der Waals surface area contributed by atoms with Gasteiger partial charge in [0.05, 0.1) is 5.69 Å². The van der Waals surface area contributed by atoms with Crippen LogP contribution in [0.2, 0.25) is 0 Å². The third-order valence-electron chi connectivity index (χ3n) is 2.89. The molecule has 2 rings (SSSR count). The van der Waals surface area contributed by atoms with Gasteiger partial charge in [-0.05, 0) is 30.2 Å². The largest absolute Gasteiger partial charge is 0.312 e. The van der Waals surface area contributed by atoms with E-state index in [1.54, 1.807) is 17.7 Å². The number of aryl methyl sites for hydroxylation is 2. The van der Waals surface area contributed by atoms with Crippen molar-refractivity contribution in [3.63, 3.8) is 0 Å². The van der Waals surface area contributed by atoms with Gasteiger partial charge in [-0.15, -0.1) is 0 Å². The average Bonchev–Trinajstić information content (AvgIpc) is 2.75. The zero-order valence-corrected chi connectivity index (χ0v) is 10.8. The fourth-order valence-corrected chi connectivity index (χ4v) is 1.79. The number of nitrogens with one attached hydrogen (secondary N) is 1. The van der Waals surface area contributed by atoms with Crippen LogP contribution in [-0.4, -0.2) is 16.3 Å². The topological polar surface area (TPSA) is 29.9 Å². The molecule has 1 N–H and O–H groups in total. The molecule has 0 fully saturated rings. The maximum atomic E-state index is 13.3. The van der Waals surface area contributed by atoms with Gasteiger partial charge in [-0.2, -0.15) is 5.10 Å². The lowest BCUT2D eigenvalue weighted by Crippen LogP contribution is -2.17. The van der Waals surface area contributed by atoms with Gasteiger partial charge in [0.1, 0.15) is 5.82 Å². The highest BCUT2D eigenvalue weighted by molar-refractivity contribution is 5.23. The lowest BCUT2D eigenvalue weighted by molar-refractivity contribution is 0.610. The van der Waals surface area contributed by atoms with Gasteiger partial charge in [0.25, 0.3) is 0 Å². The third-order valence-corrected chi connectivity index (χ3v) is 2.89. The number of hydrogen-bond acceptors (Lipinski definition) is 2. The van der Waals surface area contributed by atoms with E-state index in [0.29, 0.717) is 12.1 Å².